The summed E-state index contributed by atoms with van der Waals surface area (Å²) in [5.41, 5.74) is 2.96. The Labute approximate surface area is 170 Å². The van der Waals surface area contributed by atoms with Crippen molar-refractivity contribution in [1.82, 2.24) is 15.1 Å². The summed E-state index contributed by atoms with van der Waals surface area (Å²) >= 11 is 1.77. The number of amides is 2. The van der Waals surface area contributed by atoms with E-state index in [4.69, 9.17) is 0 Å². The van der Waals surface area contributed by atoms with Crippen LogP contribution >= 0.6 is 11.8 Å². The highest BCUT2D eigenvalue weighted by Crippen LogP contribution is 2.37. The molecule has 0 saturated heterocycles. The third-order valence-corrected chi connectivity index (χ3v) is 5.68. The smallest absolute Gasteiger partial charge is 0.314 e. The molecule has 3 rings (SSSR count). The number of anilines is 1. The number of nitrogens with one attached hydrogen (secondary N) is 2. The summed E-state index contributed by atoms with van der Waals surface area (Å²) in [6, 6.07) is 10.0. The zero-order valence-corrected chi connectivity index (χ0v) is 17.7. The lowest BCUT2D eigenvalue weighted by Gasteiger charge is -2.23. The maximum absolute atomic E-state index is 12.5. The van der Waals surface area contributed by atoms with Crippen molar-refractivity contribution in [3.8, 4) is 0 Å². The van der Waals surface area contributed by atoms with Crippen LogP contribution < -0.4 is 10.6 Å². The summed E-state index contributed by atoms with van der Waals surface area (Å²) in [7, 11) is 0. The zero-order valence-electron chi connectivity index (χ0n) is 16.9. The molecule has 1 aromatic heterocycles. The molecule has 28 heavy (non-hydrogen) atoms. The van der Waals surface area contributed by atoms with Crippen LogP contribution in [0.2, 0.25) is 0 Å². The number of aryl methyl sites for hydroxylation is 1. The van der Waals surface area contributed by atoms with Gasteiger partial charge in [0.1, 0.15) is 5.82 Å². The second-order valence-corrected chi connectivity index (χ2v) is 9.19. The Morgan fingerprint density at radius 1 is 1.18 bits per heavy atom. The van der Waals surface area contributed by atoms with Crippen molar-refractivity contribution in [2.45, 2.75) is 63.6 Å². The molecule has 0 bridgehead atoms. The van der Waals surface area contributed by atoms with E-state index in [1.807, 2.05) is 50.6 Å². The second kappa shape index (κ2) is 8.39. The van der Waals surface area contributed by atoms with Crippen molar-refractivity contribution in [3.05, 3.63) is 47.2 Å². The molecule has 2 heterocycles. The van der Waals surface area contributed by atoms with E-state index in [9.17, 15) is 9.59 Å². The number of benzene rings is 1. The van der Waals surface area contributed by atoms with Gasteiger partial charge >= 0.3 is 11.8 Å². The lowest BCUT2D eigenvalue weighted by Crippen LogP contribution is -2.41. The number of hydrogen-bond donors (Lipinski definition) is 2. The summed E-state index contributed by atoms with van der Waals surface area (Å²) in [5, 5.41) is 10.3. The number of hydrogen-bond acceptors (Lipinski definition) is 4. The topological polar surface area (TPSA) is 76.0 Å². The molecule has 0 saturated carbocycles. The largest absolute Gasteiger partial charge is 0.345 e. The Morgan fingerprint density at radius 3 is 2.57 bits per heavy atom. The van der Waals surface area contributed by atoms with E-state index in [0.717, 1.165) is 35.6 Å². The van der Waals surface area contributed by atoms with Crippen molar-refractivity contribution < 1.29 is 9.59 Å². The fourth-order valence-corrected chi connectivity index (χ4v) is 4.22. The van der Waals surface area contributed by atoms with Gasteiger partial charge in [0.05, 0.1) is 11.2 Å². The molecule has 1 aliphatic heterocycles. The highest BCUT2D eigenvalue weighted by Gasteiger charge is 2.30. The van der Waals surface area contributed by atoms with Crippen molar-refractivity contribution in [3.63, 3.8) is 0 Å². The molecule has 0 unspecified atom stereocenters. The normalized spacial score (nSPS) is 14.4. The molecule has 0 fully saturated rings. The first kappa shape index (κ1) is 20.5. The molecule has 0 spiro atoms. The van der Waals surface area contributed by atoms with Crippen LogP contribution in [0.4, 0.5) is 5.82 Å². The number of aromatic nitrogens is 2. The average molecular weight is 401 g/mol. The predicted molar refractivity (Wildman–Crippen MR) is 113 cm³/mol. The van der Waals surface area contributed by atoms with E-state index in [1.165, 1.54) is 5.56 Å². The van der Waals surface area contributed by atoms with Gasteiger partial charge in [0, 0.05) is 23.1 Å². The molecule has 150 valence electrons. The van der Waals surface area contributed by atoms with Crippen LogP contribution in [0.15, 0.2) is 30.3 Å². The molecule has 1 atom stereocenters. The van der Waals surface area contributed by atoms with Crippen LogP contribution in [0.3, 0.4) is 0 Å². The number of rotatable bonds is 5. The maximum atomic E-state index is 12.5. The van der Waals surface area contributed by atoms with Crippen LogP contribution in [-0.2, 0) is 33.1 Å². The fourth-order valence-electron chi connectivity index (χ4n) is 3.18. The summed E-state index contributed by atoms with van der Waals surface area (Å²) in [5.74, 6) is 1.03. The summed E-state index contributed by atoms with van der Waals surface area (Å²) in [6.07, 6.45) is 1.63. The molecule has 1 aromatic carbocycles. The van der Waals surface area contributed by atoms with Crippen LogP contribution in [0.5, 0.6) is 0 Å². The lowest BCUT2D eigenvalue weighted by atomic mass is 10.1. The SMILES string of the molecule is C[C@H](CCc1ccccc1)NC(=O)C(=O)Nc1c2c(nn1C(C)(C)C)CSC2. The summed E-state index contributed by atoms with van der Waals surface area (Å²) in [4.78, 5) is 24.9. The first-order valence-electron chi connectivity index (χ1n) is 9.60. The van der Waals surface area contributed by atoms with Gasteiger partial charge in [-0.1, -0.05) is 30.3 Å². The minimum Gasteiger partial charge on any atom is -0.345 e. The quantitative estimate of drug-likeness (QED) is 0.754. The predicted octanol–water partition coefficient (Wildman–Crippen LogP) is 3.46. The molecule has 1 aliphatic rings. The molecule has 0 aliphatic carbocycles. The Balaban J connectivity index is 1.61. The van der Waals surface area contributed by atoms with Crippen LogP contribution in [0.25, 0.3) is 0 Å². The Bertz CT molecular complexity index is 855. The highest BCUT2D eigenvalue weighted by atomic mass is 32.2. The first-order valence-corrected chi connectivity index (χ1v) is 10.8. The van der Waals surface area contributed by atoms with Gasteiger partial charge in [0.15, 0.2) is 0 Å². The Morgan fingerprint density at radius 2 is 1.89 bits per heavy atom. The van der Waals surface area contributed by atoms with Gasteiger partial charge in [0.25, 0.3) is 0 Å². The fraction of sp³-hybridized carbons (Fsp3) is 0.476. The van der Waals surface area contributed by atoms with E-state index in [0.29, 0.717) is 5.82 Å². The minimum absolute atomic E-state index is 0.0905. The molecule has 2 amide bonds. The van der Waals surface area contributed by atoms with E-state index in [1.54, 1.807) is 11.8 Å². The van der Waals surface area contributed by atoms with Gasteiger partial charge in [-0.25, -0.2) is 4.68 Å². The molecule has 2 N–H and O–H groups in total. The third-order valence-electron chi connectivity index (χ3n) is 4.71. The monoisotopic (exact) mass is 400 g/mol. The standard InChI is InChI=1S/C21H28N4O2S/c1-14(10-11-15-8-6-5-7-9-15)22-19(26)20(27)23-18-16-12-28-13-17(16)24-25(18)21(2,3)4/h5-9,14H,10-13H2,1-4H3,(H,22,26)(H,23,27)/t14-/m1/s1. The average Bonchev–Trinajstić information content (AvgIpc) is 3.23. The van der Waals surface area contributed by atoms with Crippen LogP contribution in [0, 0.1) is 0 Å². The highest BCUT2D eigenvalue weighted by molar-refractivity contribution is 7.98. The van der Waals surface area contributed by atoms with E-state index >= 15 is 0 Å². The Hall–Kier alpha value is -2.28. The molecule has 2 aromatic rings. The summed E-state index contributed by atoms with van der Waals surface area (Å²) in [6.45, 7) is 8.01. The molecule has 7 heteroatoms. The number of carbonyl (C=O) groups is 2. The van der Waals surface area contributed by atoms with Crippen molar-refractivity contribution in [2.75, 3.05) is 5.32 Å². The zero-order chi connectivity index (χ0) is 20.3. The molecular weight excluding hydrogens is 372 g/mol. The number of thioether (sulfide) groups is 1. The number of fused-ring (bicyclic) bond motifs is 1. The third kappa shape index (κ3) is 4.76. The van der Waals surface area contributed by atoms with Gasteiger partial charge in [-0.05, 0) is 46.1 Å². The molecule has 0 radical (unpaired) electrons. The number of nitrogens with zero attached hydrogens (tertiary/aromatic N) is 2. The Kier molecular flexibility index (Phi) is 6.13. The molecular formula is C21H28N4O2S. The van der Waals surface area contributed by atoms with Crippen molar-refractivity contribution >= 4 is 29.4 Å². The maximum Gasteiger partial charge on any atom is 0.314 e. The van der Waals surface area contributed by atoms with Crippen molar-refractivity contribution in [1.29, 1.82) is 0 Å². The molecule has 6 nitrogen and oxygen atoms in total. The van der Waals surface area contributed by atoms with E-state index in [2.05, 4.69) is 27.9 Å². The van der Waals surface area contributed by atoms with Gasteiger partial charge in [-0.15, -0.1) is 0 Å². The van der Waals surface area contributed by atoms with Gasteiger partial charge in [-0.2, -0.15) is 16.9 Å². The van der Waals surface area contributed by atoms with E-state index < -0.39 is 11.8 Å². The minimum atomic E-state index is -0.642. The lowest BCUT2D eigenvalue weighted by molar-refractivity contribution is -0.136. The second-order valence-electron chi connectivity index (χ2n) is 8.20. The van der Waals surface area contributed by atoms with Crippen molar-refractivity contribution in [2.24, 2.45) is 0 Å². The van der Waals surface area contributed by atoms with Crippen LogP contribution in [-0.4, -0.2) is 27.6 Å². The summed E-state index contributed by atoms with van der Waals surface area (Å²) < 4.78 is 1.82. The number of carbonyl (C=O) groups excluding carboxylic acids is 2. The van der Waals surface area contributed by atoms with Gasteiger partial charge < -0.3 is 10.6 Å². The van der Waals surface area contributed by atoms with Crippen LogP contribution in [0.1, 0.15) is 50.9 Å². The van der Waals surface area contributed by atoms with Gasteiger partial charge in [-0.3, -0.25) is 9.59 Å². The van der Waals surface area contributed by atoms with E-state index in [-0.39, 0.29) is 11.6 Å². The van der Waals surface area contributed by atoms with Gasteiger partial charge in [0.2, 0.25) is 0 Å². The first-order chi connectivity index (χ1) is 13.3.